The van der Waals surface area contributed by atoms with Crippen molar-refractivity contribution in [1.29, 1.82) is 0 Å². The Balaban J connectivity index is 2.12. The standard InChI is InChI=1S/C12H15N5S2/c1-9-15-12(19-16-9)17(6-4-11(13)18)8-10-3-2-5-14-7-10/h2-3,5,7H,4,6,8H2,1H3,(H2,13,18). The molecule has 2 N–H and O–H groups in total. The number of nitrogens with zero attached hydrogens (tertiary/aromatic N) is 4. The van der Waals surface area contributed by atoms with Crippen molar-refractivity contribution in [1.82, 2.24) is 14.3 Å². The van der Waals surface area contributed by atoms with Gasteiger partial charge >= 0.3 is 0 Å². The number of rotatable bonds is 6. The summed E-state index contributed by atoms with van der Waals surface area (Å²) >= 11 is 6.33. The van der Waals surface area contributed by atoms with Crippen LogP contribution in [0.15, 0.2) is 24.5 Å². The molecule has 0 aromatic carbocycles. The zero-order chi connectivity index (χ0) is 13.7. The summed E-state index contributed by atoms with van der Waals surface area (Å²) in [5.41, 5.74) is 6.70. The first-order valence-corrected chi connectivity index (χ1v) is 7.06. The molecule has 2 aromatic heterocycles. The van der Waals surface area contributed by atoms with Gasteiger partial charge in [0.1, 0.15) is 5.82 Å². The quantitative estimate of drug-likeness (QED) is 0.821. The molecule has 0 unspecified atom stereocenters. The molecule has 100 valence electrons. The van der Waals surface area contributed by atoms with Crippen molar-refractivity contribution in [2.45, 2.75) is 19.9 Å². The van der Waals surface area contributed by atoms with E-state index in [1.807, 2.05) is 25.3 Å². The van der Waals surface area contributed by atoms with Crippen LogP contribution >= 0.6 is 23.8 Å². The highest BCUT2D eigenvalue weighted by atomic mass is 32.1. The minimum atomic E-state index is 0.512. The summed E-state index contributed by atoms with van der Waals surface area (Å²) in [4.78, 5) is 11.2. The smallest absolute Gasteiger partial charge is 0.205 e. The molecule has 0 saturated carbocycles. The fraction of sp³-hybridized carbons (Fsp3) is 0.333. The number of aromatic nitrogens is 3. The number of hydrogen-bond donors (Lipinski definition) is 1. The topological polar surface area (TPSA) is 67.9 Å². The fourth-order valence-electron chi connectivity index (χ4n) is 1.61. The van der Waals surface area contributed by atoms with Gasteiger partial charge in [-0.15, -0.1) is 0 Å². The Morgan fingerprint density at radius 1 is 1.53 bits per heavy atom. The molecule has 0 atom stereocenters. The number of hydrogen-bond acceptors (Lipinski definition) is 6. The first-order valence-electron chi connectivity index (χ1n) is 5.87. The lowest BCUT2D eigenvalue weighted by atomic mass is 10.2. The van der Waals surface area contributed by atoms with Crippen molar-refractivity contribution >= 4 is 33.9 Å². The third-order valence-corrected chi connectivity index (χ3v) is 3.58. The van der Waals surface area contributed by atoms with E-state index in [0.29, 0.717) is 11.4 Å². The highest BCUT2D eigenvalue weighted by Crippen LogP contribution is 2.19. The third kappa shape index (κ3) is 4.22. The van der Waals surface area contributed by atoms with Gasteiger partial charge in [-0.1, -0.05) is 18.3 Å². The highest BCUT2D eigenvalue weighted by Gasteiger charge is 2.12. The van der Waals surface area contributed by atoms with Gasteiger partial charge in [0.2, 0.25) is 5.13 Å². The van der Waals surface area contributed by atoms with Gasteiger partial charge in [0, 0.05) is 43.4 Å². The van der Waals surface area contributed by atoms with Crippen LogP contribution in [-0.4, -0.2) is 25.9 Å². The molecular weight excluding hydrogens is 278 g/mol. The predicted molar refractivity (Wildman–Crippen MR) is 81.3 cm³/mol. The minimum absolute atomic E-state index is 0.512. The van der Waals surface area contributed by atoms with Crippen LogP contribution < -0.4 is 10.6 Å². The maximum absolute atomic E-state index is 5.58. The van der Waals surface area contributed by atoms with Crippen molar-refractivity contribution in [3.8, 4) is 0 Å². The van der Waals surface area contributed by atoms with Gasteiger partial charge in [0.05, 0.1) is 4.99 Å². The van der Waals surface area contributed by atoms with E-state index in [0.717, 1.165) is 29.6 Å². The average molecular weight is 293 g/mol. The van der Waals surface area contributed by atoms with Gasteiger partial charge in [-0.3, -0.25) is 4.98 Å². The van der Waals surface area contributed by atoms with E-state index in [9.17, 15) is 0 Å². The van der Waals surface area contributed by atoms with Crippen molar-refractivity contribution in [3.05, 3.63) is 35.9 Å². The van der Waals surface area contributed by atoms with Crippen LogP contribution in [0.1, 0.15) is 17.8 Å². The Morgan fingerprint density at radius 3 is 2.95 bits per heavy atom. The lowest BCUT2D eigenvalue weighted by molar-refractivity contribution is 0.797. The van der Waals surface area contributed by atoms with Crippen molar-refractivity contribution in [2.24, 2.45) is 5.73 Å². The molecule has 2 rings (SSSR count). The lowest BCUT2D eigenvalue weighted by Crippen LogP contribution is -2.27. The molecule has 0 bridgehead atoms. The van der Waals surface area contributed by atoms with Crippen LogP contribution in [0.25, 0.3) is 0 Å². The highest BCUT2D eigenvalue weighted by molar-refractivity contribution is 7.80. The summed E-state index contributed by atoms with van der Waals surface area (Å²) in [5, 5.41) is 0.887. The number of thiocarbonyl (C=S) groups is 1. The molecule has 0 aliphatic carbocycles. The Labute approximate surface area is 121 Å². The maximum Gasteiger partial charge on any atom is 0.205 e. The lowest BCUT2D eigenvalue weighted by Gasteiger charge is -2.21. The zero-order valence-electron chi connectivity index (χ0n) is 10.6. The number of pyridine rings is 1. The predicted octanol–water partition coefficient (Wildman–Crippen LogP) is 1.92. The second kappa shape index (κ2) is 6.53. The first kappa shape index (κ1) is 13.8. The maximum atomic E-state index is 5.58. The SMILES string of the molecule is Cc1nsc(N(CCC(N)=S)Cc2cccnc2)n1. The molecule has 2 heterocycles. The van der Waals surface area contributed by atoms with Crippen LogP contribution in [0.4, 0.5) is 5.13 Å². The molecule has 0 spiro atoms. The zero-order valence-corrected chi connectivity index (χ0v) is 12.2. The van der Waals surface area contributed by atoms with E-state index >= 15 is 0 Å². The summed E-state index contributed by atoms with van der Waals surface area (Å²) in [7, 11) is 0. The van der Waals surface area contributed by atoms with E-state index in [2.05, 4.69) is 19.2 Å². The van der Waals surface area contributed by atoms with Crippen LogP contribution in [-0.2, 0) is 6.54 Å². The van der Waals surface area contributed by atoms with E-state index in [4.69, 9.17) is 18.0 Å². The van der Waals surface area contributed by atoms with E-state index in [-0.39, 0.29) is 0 Å². The van der Waals surface area contributed by atoms with Crippen molar-refractivity contribution in [3.63, 3.8) is 0 Å². The Morgan fingerprint density at radius 2 is 2.37 bits per heavy atom. The van der Waals surface area contributed by atoms with Gasteiger partial charge in [0.15, 0.2) is 0 Å². The molecule has 19 heavy (non-hydrogen) atoms. The summed E-state index contributed by atoms with van der Waals surface area (Å²) in [5.74, 6) is 0.784. The van der Waals surface area contributed by atoms with Gasteiger partial charge in [-0.05, 0) is 18.6 Å². The molecule has 0 aliphatic rings. The van der Waals surface area contributed by atoms with Crippen LogP contribution in [0.5, 0.6) is 0 Å². The average Bonchev–Trinajstić information content (AvgIpc) is 2.82. The fourth-order valence-corrected chi connectivity index (χ4v) is 2.40. The second-order valence-electron chi connectivity index (χ2n) is 4.12. The Hall–Kier alpha value is -1.60. The van der Waals surface area contributed by atoms with Gasteiger partial charge in [-0.2, -0.15) is 4.37 Å². The molecular formula is C12H15N5S2. The van der Waals surface area contributed by atoms with Gasteiger partial charge in [0.25, 0.3) is 0 Å². The normalized spacial score (nSPS) is 10.4. The van der Waals surface area contributed by atoms with Gasteiger partial charge in [-0.25, -0.2) is 4.98 Å². The second-order valence-corrected chi connectivity index (χ2v) is 5.38. The molecule has 0 radical (unpaired) electrons. The summed E-state index contributed by atoms with van der Waals surface area (Å²) in [6.07, 6.45) is 4.27. The van der Waals surface area contributed by atoms with Crippen LogP contribution in [0, 0.1) is 6.92 Å². The Kier molecular flexibility index (Phi) is 4.75. The van der Waals surface area contributed by atoms with E-state index in [1.165, 1.54) is 11.5 Å². The molecule has 0 aliphatic heterocycles. The Bertz CT molecular complexity index is 540. The molecule has 0 saturated heterocycles. The molecule has 0 fully saturated rings. The van der Waals surface area contributed by atoms with Gasteiger partial charge < -0.3 is 10.6 Å². The molecule has 7 heteroatoms. The monoisotopic (exact) mass is 293 g/mol. The van der Waals surface area contributed by atoms with Crippen molar-refractivity contribution in [2.75, 3.05) is 11.4 Å². The first-order chi connectivity index (χ1) is 9.15. The molecule has 2 aromatic rings. The van der Waals surface area contributed by atoms with E-state index < -0.39 is 0 Å². The summed E-state index contributed by atoms with van der Waals surface area (Å²) < 4.78 is 4.22. The van der Waals surface area contributed by atoms with Crippen molar-refractivity contribution < 1.29 is 0 Å². The minimum Gasteiger partial charge on any atom is -0.393 e. The number of anilines is 1. The van der Waals surface area contributed by atoms with Crippen LogP contribution in [0.2, 0.25) is 0 Å². The van der Waals surface area contributed by atoms with E-state index in [1.54, 1.807) is 6.20 Å². The molecule has 0 amide bonds. The number of nitrogens with two attached hydrogens (primary N) is 1. The summed E-state index contributed by atoms with van der Waals surface area (Å²) in [6.45, 7) is 3.35. The van der Waals surface area contributed by atoms with Crippen LogP contribution in [0.3, 0.4) is 0 Å². The largest absolute Gasteiger partial charge is 0.393 e. The molecule has 5 nitrogen and oxygen atoms in total. The number of aryl methyl sites for hydroxylation is 1. The summed E-state index contributed by atoms with van der Waals surface area (Å²) in [6, 6.07) is 3.96. The third-order valence-electron chi connectivity index (χ3n) is 2.51.